The third-order valence-electron chi connectivity index (χ3n) is 7.46. The molecule has 7 nitrogen and oxygen atoms in total. The molecule has 1 aliphatic heterocycles. The second-order valence-corrected chi connectivity index (χ2v) is 9.88. The lowest BCUT2D eigenvalue weighted by molar-refractivity contribution is -0.131. The number of carbonyl (C=O) groups is 1. The van der Waals surface area contributed by atoms with Crippen LogP contribution in [-0.2, 0) is 9.53 Å². The molecule has 1 saturated carbocycles. The smallest absolute Gasteiger partial charge is 0.210 e. The predicted octanol–water partition coefficient (Wildman–Crippen LogP) is 5.33. The Bertz CT molecular complexity index is 1430. The molecule has 2 aliphatic rings. The first-order valence-corrected chi connectivity index (χ1v) is 12.6. The van der Waals surface area contributed by atoms with Gasteiger partial charge in [0.25, 0.3) is 0 Å². The first-order chi connectivity index (χ1) is 17.6. The van der Waals surface area contributed by atoms with Crippen molar-refractivity contribution in [2.75, 3.05) is 11.9 Å². The molecule has 6 rings (SSSR count). The Kier molecular flexibility index (Phi) is 5.76. The second kappa shape index (κ2) is 9.22. The van der Waals surface area contributed by atoms with Gasteiger partial charge in [0.2, 0.25) is 5.78 Å². The summed E-state index contributed by atoms with van der Waals surface area (Å²) in [5.74, 6) is 1.32. The van der Waals surface area contributed by atoms with E-state index in [-0.39, 0.29) is 5.78 Å². The van der Waals surface area contributed by atoms with Crippen molar-refractivity contribution < 1.29 is 9.53 Å². The number of hydrogen-bond donors (Lipinski definition) is 1. The van der Waals surface area contributed by atoms with E-state index in [1.807, 2.05) is 61.8 Å². The molecule has 1 spiro atoms. The Balaban J connectivity index is 1.23. The van der Waals surface area contributed by atoms with Gasteiger partial charge in [-0.1, -0.05) is 29.8 Å². The minimum atomic E-state index is -0.793. The van der Waals surface area contributed by atoms with Crippen LogP contribution in [0.15, 0.2) is 73.4 Å². The Morgan fingerprint density at radius 3 is 2.81 bits per heavy atom. The topological polar surface area (TPSA) is 81.4 Å². The van der Waals surface area contributed by atoms with Gasteiger partial charge in [-0.05, 0) is 74.8 Å². The number of nitrogens with zero attached hydrogens (tertiary/aromatic N) is 4. The highest BCUT2D eigenvalue weighted by Gasteiger charge is 2.51. The van der Waals surface area contributed by atoms with Gasteiger partial charge in [-0.25, -0.2) is 9.50 Å². The van der Waals surface area contributed by atoms with E-state index < -0.39 is 5.60 Å². The zero-order valence-corrected chi connectivity index (χ0v) is 20.4. The van der Waals surface area contributed by atoms with Crippen molar-refractivity contribution in [1.82, 2.24) is 19.6 Å². The lowest BCUT2D eigenvalue weighted by Crippen LogP contribution is -2.41. The molecule has 1 aromatic carbocycles. The van der Waals surface area contributed by atoms with E-state index in [9.17, 15) is 4.79 Å². The van der Waals surface area contributed by atoms with Crippen molar-refractivity contribution >= 4 is 28.5 Å². The zero-order chi connectivity index (χ0) is 24.5. The van der Waals surface area contributed by atoms with Gasteiger partial charge in [-0.15, -0.1) is 0 Å². The number of ketones is 1. The summed E-state index contributed by atoms with van der Waals surface area (Å²) >= 11 is 0. The molecular weight excluding hydrogens is 450 g/mol. The summed E-state index contributed by atoms with van der Waals surface area (Å²) in [5.41, 5.74) is 4.56. The van der Waals surface area contributed by atoms with Gasteiger partial charge in [0, 0.05) is 30.7 Å². The van der Waals surface area contributed by atoms with Crippen LogP contribution in [0.5, 0.6) is 0 Å². The molecule has 0 amide bonds. The van der Waals surface area contributed by atoms with Crippen LogP contribution in [0.1, 0.15) is 48.8 Å². The van der Waals surface area contributed by atoms with Crippen LogP contribution >= 0.6 is 0 Å². The minimum Gasteiger partial charge on any atom is -0.478 e. The highest BCUT2D eigenvalue weighted by atomic mass is 16.5. The van der Waals surface area contributed by atoms with Crippen LogP contribution < -0.4 is 5.32 Å². The molecular formula is C29H29N5O2. The summed E-state index contributed by atoms with van der Waals surface area (Å²) in [7, 11) is 0. The Morgan fingerprint density at radius 1 is 1.11 bits per heavy atom. The summed E-state index contributed by atoms with van der Waals surface area (Å²) in [6.45, 7) is 2.94. The van der Waals surface area contributed by atoms with Crippen molar-refractivity contribution in [3.63, 3.8) is 0 Å². The summed E-state index contributed by atoms with van der Waals surface area (Å²) in [6, 6.07) is 16.0. The molecule has 0 bridgehead atoms. The highest BCUT2D eigenvalue weighted by molar-refractivity contribution is 6.33. The number of aryl methyl sites for hydroxylation is 1. The maximum absolute atomic E-state index is 14.1. The number of hydrogen-bond acceptors (Lipinski definition) is 6. The van der Waals surface area contributed by atoms with Crippen molar-refractivity contribution in [1.29, 1.82) is 0 Å². The van der Waals surface area contributed by atoms with Crippen LogP contribution in [0.25, 0.3) is 17.0 Å². The van der Waals surface area contributed by atoms with E-state index >= 15 is 0 Å². The predicted molar refractivity (Wildman–Crippen MR) is 139 cm³/mol. The van der Waals surface area contributed by atoms with E-state index in [4.69, 9.17) is 4.74 Å². The van der Waals surface area contributed by atoms with Crippen molar-refractivity contribution in [2.24, 2.45) is 5.92 Å². The molecule has 1 N–H and O–H groups in total. The largest absolute Gasteiger partial charge is 0.478 e. The van der Waals surface area contributed by atoms with Gasteiger partial charge in [0.05, 0.1) is 11.3 Å². The number of Topliss-reactive ketones (excluding diaryl/α,β-unsaturated/α-hetero) is 1. The summed E-state index contributed by atoms with van der Waals surface area (Å²) in [6.07, 6.45) is 11.5. The fraction of sp³-hybridized carbons (Fsp3) is 0.310. The first kappa shape index (κ1) is 22.5. The van der Waals surface area contributed by atoms with Crippen LogP contribution in [0.3, 0.4) is 0 Å². The van der Waals surface area contributed by atoms with E-state index in [0.717, 1.165) is 66.7 Å². The van der Waals surface area contributed by atoms with Gasteiger partial charge < -0.3 is 10.1 Å². The molecule has 182 valence electrons. The number of benzene rings is 1. The van der Waals surface area contributed by atoms with Crippen LogP contribution in [0, 0.1) is 12.8 Å². The van der Waals surface area contributed by atoms with E-state index in [1.54, 1.807) is 10.7 Å². The molecule has 4 aromatic rings. The maximum atomic E-state index is 14.1. The zero-order valence-electron chi connectivity index (χ0n) is 20.4. The van der Waals surface area contributed by atoms with Gasteiger partial charge >= 0.3 is 0 Å². The number of pyridine rings is 2. The third-order valence-corrected chi connectivity index (χ3v) is 7.46. The summed E-state index contributed by atoms with van der Waals surface area (Å²) in [4.78, 5) is 22.5. The monoisotopic (exact) mass is 479 g/mol. The summed E-state index contributed by atoms with van der Waals surface area (Å²) < 4.78 is 8.41. The average Bonchev–Trinajstić information content (AvgIpc) is 3.48. The average molecular weight is 480 g/mol. The lowest BCUT2D eigenvalue weighted by atomic mass is 9.74. The molecule has 1 fully saturated rings. The normalized spacial score (nSPS) is 21.8. The summed E-state index contributed by atoms with van der Waals surface area (Å²) in [5, 5.41) is 7.73. The molecule has 3 aromatic heterocycles. The number of carbonyl (C=O) groups excluding carboxylic acids is 1. The number of anilines is 1. The van der Waals surface area contributed by atoms with E-state index in [2.05, 4.69) is 26.4 Å². The second-order valence-electron chi connectivity index (χ2n) is 9.88. The number of nitrogens with one attached hydrogen (secondary N) is 1. The Morgan fingerprint density at radius 2 is 2.00 bits per heavy atom. The number of ether oxygens (including phenoxy) is 1. The molecule has 0 saturated heterocycles. The molecule has 36 heavy (non-hydrogen) atoms. The molecule has 1 aliphatic carbocycles. The minimum absolute atomic E-state index is 0.105. The Labute approximate surface area is 210 Å². The quantitative estimate of drug-likeness (QED) is 0.403. The van der Waals surface area contributed by atoms with Gasteiger partial charge in [-0.2, -0.15) is 5.10 Å². The van der Waals surface area contributed by atoms with Crippen molar-refractivity contribution in [2.45, 2.75) is 44.6 Å². The van der Waals surface area contributed by atoms with Gasteiger partial charge in [0.15, 0.2) is 11.2 Å². The Hall–Kier alpha value is -4.00. The van der Waals surface area contributed by atoms with Crippen molar-refractivity contribution in [3.05, 3.63) is 90.1 Å². The molecule has 0 unspecified atom stereocenters. The fourth-order valence-corrected chi connectivity index (χ4v) is 5.49. The fourth-order valence-electron chi connectivity index (χ4n) is 5.49. The third kappa shape index (κ3) is 4.15. The maximum Gasteiger partial charge on any atom is 0.210 e. The number of fused-ring (bicyclic) bond motifs is 1. The van der Waals surface area contributed by atoms with Gasteiger partial charge in [-0.3, -0.25) is 9.78 Å². The van der Waals surface area contributed by atoms with Crippen LogP contribution in [0.2, 0.25) is 0 Å². The van der Waals surface area contributed by atoms with Crippen molar-refractivity contribution in [3.8, 4) is 0 Å². The molecule has 0 radical (unpaired) electrons. The first-order valence-electron chi connectivity index (χ1n) is 12.6. The van der Waals surface area contributed by atoms with Crippen LogP contribution in [-0.4, -0.2) is 37.5 Å². The lowest BCUT2D eigenvalue weighted by Gasteiger charge is -2.36. The molecule has 0 atom stereocenters. The molecule has 7 heteroatoms. The van der Waals surface area contributed by atoms with Gasteiger partial charge in [0.1, 0.15) is 12.1 Å². The van der Waals surface area contributed by atoms with E-state index in [0.29, 0.717) is 17.3 Å². The number of aromatic nitrogens is 4. The van der Waals surface area contributed by atoms with Crippen LogP contribution in [0.4, 0.5) is 5.69 Å². The van der Waals surface area contributed by atoms with E-state index in [1.165, 1.54) is 6.33 Å². The standard InChI is InChI=1S/C29H29N5O2/c1-20-4-2-5-22(16-20)26-27(23-7-8-25-32-19-33-34(25)18-23)36-29(28(26)35)12-9-21(10-13-29)11-15-31-24-6-3-14-30-17-24/h2-8,14,16-19,21,31H,9-13,15H2,1H3. The highest BCUT2D eigenvalue weighted by Crippen LogP contribution is 2.49. The SMILES string of the molecule is Cc1cccc(C2=C(c3ccc4ncnn4c3)OC3(CCC(CCNc4cccnc4)CC3)C2=O)c1. The molecule has 4 heterocycles. The number of rotatable bonds is 6.